The van der Waals surface area contributed by atoms with Gasteiger partial charge in [-0.05, 0) is 49.9 Å². The van der Waals surface area contributed by atoms with E-state index in [2.05, 4.69) is 80.6 Å². The van der Waals surface area contributed by atoms with Crippen LogP contribution in [0, 0.1) is 0 Å². The molecule has 0 saturated heterocycles. The summed E-state index contributed by atoms with van der Waals surface area (Å²) in [6.45, 7) is 4.51. The number of fused-ring (bicyclic) bond motifs is 5. The molecular formula is C21H18. The van der Waals surface area contributed by atoms with E-state index in [1.54, 1.807) is 0 Å². The summed E-state index contributed by atoms with van der Waals surface area (Å²) in [6, 6.07) is 24.5. The minimum absolute atomic E-state index is 0.542. The van der Waals surface area contributed by atoms with Crippen LogP contribution < -0.4 is 0 Å². The normalized spacial score (nSPS) is 11.8. The van der Waals surface area contributed by atoms with Gasteiger partial charge in [0.15, 0.2) is 0 Å². The van der Waals surface area contributed by atoms with Gasteiger partial charge in [0.05, 0.1) is 0 Å². The van der Waals surface area contributed by atoms with Gasteiger partial charge in [0, 0.05) is 0 Å². The zero-order chi connectivity index (χ0) is 14.4. The maximum atomic E-state index is 2.36. The Morgan fingerprint density at radius 3 is 2.24 bits per heavy atom. The van der Waals surface area contributed by atoms with E-state index < -0.39 is 0 Å². The van der Waals surface area contributed by atoms with Gasteiger partial charge in [0.1, 0.15) is 0 Å². The molecule has 0 heteroatoms. The predicted molar refractivity (Wildman–Crippen MR) is 93.0 cm³/mol. The van der Waals surface area contributed by atoms with E-state index in [0.717, 1.165) is 0 Å². The van der Waals surface area contributed by atoms with E-state index in [9.17, 15) is 0 Å². The molecule has 0 nitrogen and oxygen atoms in total. The summed E-state index contributed by atoms with van der Waals surface area (Å²) in [4.78, 5) is 0. The van der Waals surface area contributed by atoms with Gasteiger partial charge >= 0.3 is 0 Å². The molecule has 0 radical (unpaired) electrons. The third-order valence-corrected chi connectivity index (χ3v) is 4.41. The molecular weight excluding hydrogens is 252 g/mol. The van der Waals surface area contributed by atoms with Crippen molar-refractivity contribution in [2.45, 2.75) is 19.8 Å². The lowest BCUT2D eigenvalue weighted by Crippen LogP contribution is -1.82. The van der Waals surface area contributed by atoms with Gasteiger partial charge in [-0.15, -0.1) is 0 Å². The van der Waals surface area contributed by atoms with Gasteiger partial charge in [0.25, 0.3) is 0 Å². The lowest BCUT2D eigenvalue weighted by molar-refractivity contribution is 0.869. The first-order valence-corrected chi connectivity index (χ1v) is 7.58. The third kappa shape index (κ3) is 1.91. The first kappa shape index (κ1) is 12.4. The fraction of sp³-hybridized carbons (Fsp3) is 0.143. The second-order valence-electron chi connectivity index (χ2n) is 6.09. The molecule has 0 aliphatic heterocycles. The van der Waals surface area contributed by atoms with Gasteiger partial charge < -0.3 is 0 Å². The summed E-state index contributed by atoms with van der Waals surface area (Å²) in [5.41, 5.74) is 1.39. The van der Waals surface area contributed by atoms with Crippen molar-refractivity contribution in [1.29, 1.82) is 0 Å². The van der Waals surface area contributed by atoms with Crippen LogP contribution in [-0.2, 0) is 0 Å². The SMILES string of the molecule is CC(C)c1cccc2ccc3c4ccccc4cc3c2c1. The quantitative estimate of drug-likeness (QED) is 0.382. The van der Waals surface area contributed by atoms with Crippen LogP contribution in [0.25, 0.3) is 32.3 Å². The molecule has 0 aliphatic rings. The molecule has 0 atom stereocenters. The molecule has 0 aromatic heterocycles. The van der Waals surface area contributed by atoms with Crippen LogP contribution in [0.3, 0.4) is 0 Å². The van der Waals surface area contributed by atoms with Crippen molar-refractivity contribution >= 4 is 32.3 Å². The summed E-state index contributed by atoms with van der Waals surface area (Å²) in [6.07, 6.45) is 0. The molecule has 0 N–H and O–H groups in total. The molecule has 0 bridgehead atoms. The van der Waals surface area contributed by atoms with Crippen molar-refractivity contribution in [2.75, 3.05) is 0 Å². The smallest absolute Gasteiger partial charge is 0.00929 e. The van der Waals surface area contributed by atoms with E-state index in [4.69, 9.17) is 0 Å². The molecule has 0 unspecified atom stereocenters. The number of rotatable bonds is 1. The van der Waals surface area contributed by atoms with E-state index in [1.165, 1.54) is 37.9 Å². The average Bonchev–Trinajstić information content (AvgIpc) is 2.71. The van der Waals surface area contributed by atoms with E-state index in [0.29, 0.717) is 5.92 Å². The lowest BCUT2D eigenvalue weighted by atomic mass is 10.0. The van der Waals surface area contributed by atoms with Crippen molar-refractivity contribution in [3.8, 4) is 0 Å². The molecule has 4 rings (SSSR count). The van der Waals surface area contributed by atoms with Crippen molar-refractivity contribution in [3.05, 3.63) is 72.3 Å². The summed E-state index contributed by atoms with van der Waals surface area (Å²) in [5, 5.41) is 8.08. The maximum Gasteiger partial charge on any atom is -0.00929 e. The Hall–Kier alpha value is -2.34. The fourth-order valence-corrected chi connectivity index (χ4v) is 3.21. The Bertz CT molecular complexity index is 961. The number of hydrogen-bond acceptors (Lipinski definition) is 0. The summed E-state index contributed by atoms with van der Waals surface area (Å²) < 4.78 is 0. The van der Waals surface area contributed by atoms with Crippen LogP contribution in [0.2, 0.25) is 0 Å². The highest BCUT2D eigenvalue weighted by Crippen LogP contribution is 2.34. The number of benzene rings is 2. The Morgan fingerprint density at radius 1 is 0.571 bits per heavy atom. The Morgan fingerprint density at radius 2 is 1.38 bits per heavy atom. The third-order valence-electron chi connectivity index (χ3n) is 4.41. The molecule has 0 amide bonds. The largest absolute Gasteiger partial charge is 0.0616 e. The zero-order valence-electron chi connectivity index (χ0n) is 12.4. The molecule has 102 valence electrons. The summed E-state index contributed by atoms with van der Waals surface area (Å²) >= 11 is 0. The van der Waals surface area contributed by atoms with Crippen molar-refractivity contribution in [2.24, 2.45) is 0 Å². The average molecular weight is 270 g/mol. The van der Waals surface area contributed by atoms with Gasteiger partial charge in [-0.1, -0.05) is 74.5 Å². The second-order valence-corrected chi connectivity index (χ2v) is 6.09. The Labute approximate surface area is 125 Å². The van der Waals surface area contributed by atoms with Crippen LogP contribution in [0.5, 0.6) is 0 Å². The molecule has 4 aromatic carbocycles. The second kappa shape index (κ2) is 4.60. The molecule has 0 aliphatic carbocycles. The van der Waals surface area contributed by atoms with Gasteiger partial charge in [-0.2, -0.15) is 0 Å². The first-order chi connectivity index (χ1) is 10.2. The Balaban J connectivity index is 2.22. The molecule has 0 saturated carbocycles. The molecule has 0 fully saturated rings. The van der Waals surface area contributed by atoms with Crippen LogP contribution in [-0.4, -0.2) is 0 Å². The topological polar surface area (TPSA) is 0 Å². The van der Waals surface area contributed by atoms with Crippen molar-refractivity contribution in [1.82, 2.24) is 0 Å². The minimum Gasteiger partial charge on any atom is -0.0616 e. The predicted octanol–water partition coefficient (Wildman–Crippen LogP) is 6.27. The maximum absolute atomic E-state index is 2.36. The van der Waals surface area contributed by atoms with E-state index >= 15 is 0 Å². The van der Waals surface area contributed by atoms with Crippen molar-refractivity contribution in [3.63, 3.8) is 0 Å². The van der Waals surface area contributed by atoms with Gasteiger partial charge in [0.2, 0.25) is 0 Å². The van der Waals surface area contributed by atoms with Crippen LogP contribution >= 0.6 is 0 Å². The molecule has 0 spiro atoms. The Kier molecular flexibility index (Phi) is 2.71. The molecule has 0 heterocycles. The standard InChI is InChI=1S/C21H18/c1-14(2)16-8-5-7-15-10-11-19-18-9-4-3-6-17(18)13-21(19)20(15)12-16/h3-14H,1-2H3. The zero-order valence-corrected chi connectivity index (χ0v) is 12.4. The van der Waals surface area contributed by atoms with Crippen LogP contribution in [0.15, 0.2) is 66.7 Å². The van der Waals surface area contributed by atoms with Crippen molar-refractivity contribution < 1.29 is 0 Å². The van der Waals surface area contributed by atoms with Gasteiger partial charge in [-0.3, -0.25) is 0 Å². The minimum atomic E-state index is 0.542. The fourth-order valence-electron chi connectivity index (χ4n) is 3.21. The first-order valence-electron chi connectivity index (χ1n) is 7.58. The van der Waals surface area contributed by atoms with Crippen LogP contribution in [0.1, 0.15) is 25.3 Å². The number of hydrogen-bond donors (Lipinski definition) is 0. The highest BCUT2D eigenvalue weighted by molar-refractivity contribution is 6.20. The summed E-state index contributed by atoms with van der Waals surface area (Å²) in [5.74, 6) is 0.542. The highest BCUT2D eigenvalue weighted by atomic mass is 14.1. The summed E-state index contributed by atoms with van der Waals surface area (Å²) in [7, 11) is 0. The van der Waals surface area contributed by atoms with Gasteiger partial charge in [-0.25, -0.2) is 0 Å². The highest BCUT2D eigenvalue weighted by Gasteiger charge is 2.07. The lowest BCUT2D eigenvalue weighted by Gasteiger charge is -2.02. The monoisotopic (exact) mass is 270 g/mol. The van der Waals surface area contributed by atoms with E-state index in [1.807, 2.05) is 0 Å². The molecule has 21 heavy (non-hydrogen) atoms. The van der Waals surface area contributed by atoms with Crippen LogP contribution in [0.4, 0.5) is 0 Å². The van der Waals surface area contributed by atoms with E-state index in [-0.39, 0.29) is 0 Å². The molecule has 4 aromatic rings.